The minimum atomic E-state index is -0.277. The standard InChI is InChI=1S/C16H20N4O2/c1-3-20(4-2)15-6-5-12(9-18-15)16(22)19-14-10-17-8-7-13(14)11-21/h5-10,21H,3-4,11H2,1-2H3,(H,19,22). The molecule has 0 bridgehead atoms. The summed E-state index contributed by atoms with van der Waals surface area (Å²) in [5, 5.41) is 12.0. The van der Waals surface area contributed by atoms with Crippen LogP contribution < -0.4 is 10.2 Å². The van der Waals surface area contributed by atoms with E-state index in [1.165, 1.54) is 6.20 Å². The molecule has 0 aliphatic rings. The second-order valence-electron chi connectivity index (χ2n) is 4.72. The molecule has 6 nitrogen and oxygen atoms in total. The van der Waals surface area contributed by atoms with Crippen LogP contribution >= 0.6 is 0 Å². The molecule has 2 rings (SSSR count). The van der Waals surface area contributed by atoms with Gasteiger partial charge in [-0.05, 0) is 32.0 Å². The number of anilines is 2. The lowest BCUT2D eigenvalue weighted by molar-refractivity contribution is 0.102. The summed E-state index contributed by atoms with van der Waals surface area (Å²) < 4.78 is 0. The molecule has 0 spiro atoms. The van der Waals surface area contributed by atoms with Crippen LogP contribution in [0.4, 0.5) is 11.5 Å². The van der Waals surface area contributed by atoms with Gasteiger partial charge in [-0.3, -0.25) is 9.78 Å². The Kier molecular flexibility index (Phi) is 5.43. The van der Waals surface area contributed by atoms with Gasteiger partial charge in [0.15, 0.2) is 0 Å². The fraction of sp³-hybridized carbons (Fsp3) is 0.312. The van der Waals surface area contributed by atoms with Crippen LogP contribution in [-0.4, -0.2) is 34.1 Å². The van der Waals surface area contributed by atoms with Crippen LogP contribution in [0, 0.1) is 0 Å². The molecule has 6 heteroatoms. The van der Waals surface area contributed by atoms with Crippen LogP contribution in [0.2, 0.25) is 0 Å². The summed E-state index contributed by atoms with van der Waals surface area (Å²) in [5.74, 6) is 0.570. The number of hydrogen-bond acceptors (Lipinski definition) is 5. The lowest BCUT2D eigenvalue weighted by Crippen LogP contribution is -2.23. The summed E-state index contributed by atoms with van der Waals surface area (Å²) in [6.07, 6.45) is 4.64. The molecule has 2 heterocycles. The molecular formula is C16H20N4O2. The summed E-state index contributed by atoms with van der Waals surface area (Å²) in [5.41, 5.74) is 1.59. The van der Waals surface area contributed by atoms with Crippen LogP contribution in [0.3, 0.4) is 0 Å². The van der Waals surface area contributed by atoms with Crippen molar-refractivity contribution in [1.29, 1.82) is 0 Å². The van der Waals surface area contributed by atoms with Crippen LogP contribution in [0.15, 0.2) is 36.8 Å². The quantitative estimate of drug-likeness (QED) is 0.854. The van der Waals surface area contributed by atoms with Crippen molar-refractivity contribution in [3.8, 4) is 0 Å². The van der Waals surface area contributed by atoms with Crippen molar-refractivity contribution in [1.82, 2.24) is 9.97 Å². The molecule has 0 fully saturated rings. The highest BCUT2D eigenvalue weighted by atomic mass is 16.3. The topological polar surface area (TPSA) is 78.4 Å². The van der Waals surface area contributed by atoms with Crippen LogP contribution in [-0.2, 0) is 6.61 Å². The van der Waals surface area contributed by atoms with E-state index >= 15 is 0 Å². The Morgan fingerprint density at radius 3 is 2.59 bits per heavy atom. The maximum atomic E-state index is 12.2. The van der Waals surface area contributed by atoms with Gasteiger partial charge < -0.3 is 15.3 Å². The molecule has 0 aromatic carbocycles. The number of aliphatic hydroxyl groups is 1. The van der Waals surface area contributed by atoms with E-state index in [2.05, 4.69) is 34.0 Å². The van der Waals surface area contributed by atoms with Gasteiger partial charge in [0.2, 0.25) is 0 Å². The van der Waals surface area contributed by atoms with Crippen molar-refractivity contribution in [3.05, 3.63) is 47.9 Å². The Morgan fingerprint density at radius 1 is 1.23 bits per heavy atom. The molecule has 0 unspecified atom stereocenters. The monoisotopic (exact) mass is 300 g/mol. The van der Waals surface area contributed by atoms with Gasteiger partial charge in [-0.15, -0.1) is 0 Å². The van der Waals surface area contributed by atoms with Gasteiger partial charge in [-0.1, -0.05) is 0 Å². The minimum absolute atomic E-state index is 0.155. The first-order chi connectivity index (χ1) is 10.7. The third-order valence-electron chi connectivity index (χ3n) is 3.43. The first-order valence-corrected chi connectivity index (χ1v) is 7.25. The zero-order chi connectivity index (χ0) is 15.9. The molecule has 1 amide bonds. The maximum absolute atomic E-state index is 12.2. The van der Waals surface area contributed by atoms with Gasteiger partial charge in [-0.2, -0.15) is 0 Å². The van der Waals surface area contributed by atoms with Gasteiger partial charge in [0.25, 0.3) is 5.91 Å². The Morgan fingerprint density at radius 2 is 2.00 bits per heavy atom. The van der Waals surface area contributed by atoms with Gasteiger partial charge in [0.1, 0.15) is 5.82 Å². The largest absolute Gasteiger partial charge is 0.392 e. The van der Waals surface area contributed by atoms with E-state index in [1.54, 1.807) is 24.5 Å². The molecule has 2 aromatic heterocycles. The molecule has 2 N–H and O–H groups in total. The highest BCUT2D eigenvalue weighted by Crippen LogP contribution is 2.16. The van der Waals surface area contributed by atoms with Crippen molar-refractivity contribution in [2.75, 3.05) is 23.3 Å². The Hall–Kier alpha value is -2.47. The van der Waals surface area contributed by atoms with Crippen LogP contribution in [0.1, 0.15) is 29.8 Å². The second kappa shape index (κ2) is 7.51. The van der Waals surface area contributed by atoms with E-state index in [-0.39, 0.29) is 12.5 Å². The number of aromatic nitrogens is 2. The zero-order valence-corrected chi connectivity index (χ0v) is 12.8. The normalized spacial score (nSPS) is 10.3. The molecule has 0 radical (unpaired) electrons. The molecule has 116 valence electrons. The molecule has 0 aliphatic heterocycles. The highest BCUT2D eigenvalue weighted by Gasteiger charge is 2.10. The first-order valence-electron chi connectivity index (χ1n) is 7.25. The maximum Gasteiger partial charge on any atom is 0.257 e. The van der Waals surface area contributed by atoms with E-state index in [1.807, 2.05) is 6.07 Å². The van der Waals surface area contributed by atoms with Crippen LogP contribution in [0.5, 0.6) is 0 Å². The average Bonchev–Trinajstić information content (AvgIpc) is 2.57. The lowest BCUT2D eigenvalue weighted by atomic mass is 10.2. The smallest absolute Gasteiger partial charge is 0.257 e. The highest BCUT2D eigenvalue weighted by molar-refractivity contribution is 6.04. The summed E-state index contributed by atoms with van der Waals surface area (Å²) in [4.78, 5) is 22.6. The summed E-state index contributed by atoms with van der Waals surface area (Å²) >= 11 is 0. The van der Waals surface area contributed by atoms with Crippen LogP contribution in [0.25, 0.3) is 0 Å². The van der Waals surface area contributed by atoms with Gasteiger partial charge >= 0.3 is 0 Å². The first kappa shape index (κ1) is 15.9. The Bertz CT molecular complexity index is 624. The predicted molar refractivity (Wildman–Crippen MR) is 85.9 cm³/mol. The van der Waals surface area contributed by atoms with E-state index in [0.717, 1.165) is 18.9 Å². The zero-order valence-electron chi connectivity index (χ0n) is 12.8. The number of nitrogens with one attached hydrogen (secondary N) is 1. The summed E-state index contributed by atoms with van der Waals surface area (Å²) in [6.45, 7) is 5.70. The number of nitrogens with zero attached hydrogens (tertiary/aromatic N) is 3. The van der Waals surface area contributed by atoms with E-state index in [4.69, 9.17) is 0 Å². The number of pyridine rings is 2. The number of hydrogen-bond donors (Lipinski definition) is 2. The SMILES string of the molecule is CCN(CC)c1ccc(C(=O)Nc2cnccc2CO)cn1. The molecule has 0 atom stereocenters. The van der Waals surface area contributed by atoms with Crippen molar-refractivity contribution < 1.29 is 9.90 Å². The van der Waals surface area contributed by atoms with E-state index in [0.29, 0.717) is 16.8 Å². The van der Waals surface area contributed by atoms with E-state index < -0.39 is 0 Å². The second-order valence-corrected chi connectivity index (χ2v) is 4.72. The molecule has 22 heavy (non-hydrogen) atoms. The Balaban J connectivity index is 2.13. The van der Waals surface area contributed by atoms with Gasteiger partial charge in [-0.25, -0.2) is 4.98 Å². The molecule has 0 saturated heterocycles. The third kappa shape index (κ3) is 3.59. The third-order valence-corrected chi connectivity index (χ3v) is 3.43. The lowest BCUT2D eigenvalue weighted by Gasteiger charge is -2.19. The number of rotatable bonds is 6. The average molecular weight is 300 g/mol. The number of carbonyl (C=O) groups is 1. The fourth-order valence-electron chi connectivity index (χ4n) is 2.12. The van der Waals surface area contributed by atoms with Gasteiger partial charge in [0.05, 0.1) is 24.1 Å². The van der Waals surface area contributed by atoms with Crippen molar-refractivity contribution in [2.24, 2.45) is 0 Å². The van der Waals surface area contributed by atoms with Crippen molar-refractivity contribution >= 4 is 17.4 Å². The molecule has 0 saturated carbocycles. The predicted octanol–water partition coefficient (Wildman–Crippen LogP) is 2.07. The summed E-state index contributed by atoms with van der Waals surface area (Å²) in [6, 6.07) is 5.24. The molecular weight excluding hydrogens is 280 g/mol. The Labute approximate surface area is 129 Å². The molecule has 0 aliphatic carbocycles. The number of aliphatic hydroxyl groups excluding tert-OH is 1. The van der Waals surface area contributed by atoms with Crippen molar-refractivity contribution in [2.45, 2.75) is 20.5 Å². The summed E-state index contributed by atoms with van der Waals surface area (Å²) in [7, 11) is 0. The fourth-order valence-corrected chi connectivity index (χ4v) is 2.12. The number of carbonyl (C=O) groups excluding carboxylic acids is 1. The minimum Gasteiger partial charge on any atom is -0.392 e. The van der Waals surface area contributed by atoms with Gasteiger partial charge in [0, 0.05) is 31.0 Å². The van der Waals surface area contributed by atoms with E-state index in [9.17, 15) is 9.90 Å². The number of amides is 1. The van der Waals surface area contributed by atoms with Crippen molar-refractivity contribution in [3.63, 3.8) is 0 Å². The molecule has 2 aromatic rings.